The third-order valence-electron chi connectivity index (χ3n) is 9.42. The number of fused-ring (bicyclic) bond motifs is 16. The molecule has 7 aliphatic rings. The fraction of sp³-hybridized carbons (Fsp3) is 0. The second kappa shape index (κ2) is 11.9. The minimum Gasteiger partial charge on any atom is -0.325 e. The van der Waals surface area contributed by atoms with Crippen molar-refractivity contribution in [3.63, 3.8) is 0 Å². The van der Waals surface area contributed by atoms with Crippen molar-refractivity contribution in [1.82, 2.24) is 9.97 Å². The Kier molecular flexibility index (Phi) is 7.23. The van der Waals surface area contributed by atoms with E-state index in [-0.39, 0.29) is 21.4 Å². The van der Waals surface area contributed by atoms with Crippen molar-refractivity contribution in [1.29, 1.82) is 0 Å². The first-order valence-corrected chi connectivity index (χ1v) is 19.4. The zero-order valence-corrected chi connectivity index (χ0v) is 31.3. The molecule has 1 aromatic carbocycles. The van der Waals surface area contributed by atoms with Crippen LogP contribution in [0.3, 0.4) is 0 Å². The predicted octanol–water partition coefficient (Wildman–Crippen LogP) is 4.20. The number of anilines is 2. The molecule has 3 aliphatic heterocycles. The topological polar surface area (TPSA) is 159 Å². The number of thiocarbonyl (C=S) groups is 4. The summed E-state index contributed by atoms with van der Waals surface area (Å²) >= 11 is 22.5. The number of benzene rings is 1. The maximum absolute atomic E-state index is 13.3. The Morgan fingerprint density at radius 2 is 1.15 bits per heavy atom. The van der Waals surface area contributed by atoms with Gasteiger partial charge in [0.1, 0.15) is 39.2 Å². The van der Waals surface area contributed by atoms with E-state index < -0.39 is 15.0 Å². The lowest BCUT2D eigenvalue weighted by molar-refractivity contribution is 0.496. The molecule has 8 bridgehead atoms. The highest BCUT2D eigenvalue weighted by molar-refractivity contribution is 7.99. The van der Waals surface area contributed by atoms with Crippen molar-refractivity contribution < 1.29 is 13.0 Å². The van der Waals surface area contributed by atoms with Gasteiger partial charge in [0.05, 0.1) is 10.1 Å². The van der Waals surface area contributed by atoms with E-state index in [9.17, 15) is 13.0 Å². The molecule has 0 unspecified atom stereocenters. The number of aromatic amines is 2. The third-order valence-corrected chi connectivity index (χ3v) is 11.7. The van der Waals surface area contributed by atoms with Crippen LogP contribution in [0.1, 0.15) is 16.7 Å². The standard InChI is InChI=1S/C38H20N8O3S5/c47-54(48,49)30-28-27(15-23(29(30)53)16-4-2-1-3-5-16)37-44-36-25-13-18(51)7-10-21(25)32(42-36)40-34-24-12-17(50)6-9-20(24)31(39-34)41-35-26-14-19(52)8-11-22(26)33(43-35)45-38(28)46-37/h1-15H,(H,39,40)(H,41,43)(H,42,44)(H,45,46)(H,47,48,49). The SMILES string of the molecule is O=S(=O)(O)C1=c2c(c3[nH]/c2=N\C2=C4C=CC(=S)C=C4C(=N2)Nc2[nH]/c(c4c2C=CC(=S)C=4)=N\C2=C4C=CC(=S)C=C4C(=N2)N3)C=C(c2ccccc2)C1=S. The van der Waals surface area contributed by atoms with E-state index in [1.165, 1.54) is 0 Å². The van der Waals surface area contributed by atoms with E-state index in [2.05, 4.69) is 20.6 Å². The lowest BCUT2D eigenvalue weighted by Crippen LogP contribution is -2.35. The predicted molar refractivity (Wildman–Crippen MR) is 227 cm³/mol. The van der Waals surface area contributed by atoms with Crippen LogP contribution in [0.5, 0.6) is 0 Å². The van der Waals surface area contributed by atoms with Gasteiger partial charge in [-0.1, -0.05) is 79.2 Å². The Labute approximate surface area is 327 Å². The maximum atomic E-state index is 13.3. The third kappa shape index (κ3) is 5.18. The van der Waals surface area contributed by atoms with Gasteiger partial charge in [-0.3, -0.25) is 4.55 Å². The monoisotopic (exact) mass is 796 g/mol. The van der Waals surface area contributed by atoms with Gasteiger partial charge in [0, 0.05) is 58.8 Å². The molecular weight excluding hydrogens is 777 g/mol. The van der Waals surface area contributed by atoms with E-state index in [0.29, 0.717) is 88.2 Å². The molecule has 54 heavy (non-hydrogen) atoms. The normalized spacial score (nSPS) is 20.5. The number of hydrogen-bond acceptors (Lipinski definition) is 12. The second-order valence-electron chi connectivity index (χ2n) is 12.7. The van der Waals surface area contributed by atoms with Crippen molar-refractivity contribution in [2.45, 2.75) is 0 Å². The van der Waals surface area contributed by atoms with Crippen LogP contribution in [0.15, 0.2) is 127 Å². The molecule has 3 aromatic rings. The van der Waals surface area contributed by atoms with Gasteiger partial charge >= 0.3 is 0 Å². The van der Waals surface area contributed by atoms with Gasteiger partial charge in [-0.25, -0.2) is 20.0 Å². The zero-order chi connectivity index (χ0) is 37.0. The van der Waals surface area contributed by atoms with E-state index in [4.69, 9.17) is 68.8 Å². The van der Waals surface area contributed by atoms with Crippen molar-refractivity contribution in [2.75, 3.05) is 10.6 Å². The molecule has 0 atom stereocenters. The van der Waals surface area contributed by atoms with Gasteiger partial charge in [0.2, 0.25) is 0 Å². The molecule has 260 valence electrons. The fourth-order valence-electron chi connectivity index (χ4n) is 7.05. The average Bonchev–Trinajstić information content (AvgIpc) is 3.85. The Bertz CT molecular complexity index is 3180. The minimum atomic E-state index is -4.91. The molecule has 0 radical (unpaired) electrons. The van der Waals surface area contributed by atoms with Gasteiger partial charge in [0.15, 0.2) is 11.6 Å². The van der Waals surface area contributed by atoms with Gasteiger partial charge in [0.25, 0.3) is 10.1 Å². The first kappa shape index (κ1) is 32.9. The highest BCUT2D eigenvalue weighted by Gasteiger charge is 2.34. The first-order chi connectivity index (χ1) is 26.0. The average molecular weight is 797 g/mol. The van der Waals surface area contributed by atoms with E-state index in [1.54, 1.807) is 18.2 Å². The first-order valence-electron chi connectivity index (χ1n) is 16.3. The van der Waals surface area contributed by atoms with Crippen LogP contribution in [0.2, 0.25) is 0 Å². The lowest BCUT2D eigenvalue weighted by atomic mass is 9.95. The zero-order valence-electron chi connectivity index (χ0n) is 27.3. The summed E-state index contributed by atoms with van der Waals surface area (Å²) in [4.78, 5) is 27.8. The number of aliphatic imine (C=N–C) groups is 2. The summed E-state index contributed by atoms with van der Waals surface area (Å²) in [6.07, 6.45) is 18.3. The van der Waals surface area contributed by atoms with Crippen LogP contribution >= 0.6 is 48.9 Å². The van der Waals surface area contributed by atoms with Crippen LogP contribution < -0.4 is 32.0 Å². The molecule has 0 amide bonds. The maximum Gasteiger partial charge on any atom is 0.296 e. The molecule has 0 saturated heterocycles. The van der Waals surface area contributed by atoms with Gasteiger partial charge in [-0.2, -0.15) is 8.42 Å². The number of H-pyrrole nitrogens is 2. The van der Waals surface area contributed by atoms with Crippen LogP contribution in [0.4, 0.5) is 11.6 Å². The van der Waals surface area contributed by atoms with E-state index >= 15 is 0 Å². The Hall–Kier alpha value is -5.75. The summed E-state index contributed by atoms with van der Waals surface area (Å²) < 4.78 is 37.5. The number of rotatable bonds is 2. The number of aromatic nitrogens is 2. The smallest absolute Gasteiger partial charge is 0.296 e. The lowest BCUT2D eigenvalue weighted by Gasteiger charge is -2.17. The number of amidine groups is 2. The molecule has 4 aliphatic carbocycles. The van der Waals surface area contributed by atoms with Crippen LogP contribution in [-0.4, -0.2) is 54.1 Å². The Morgan fingerprint density at radius 3 is 1.78 bits per heavy atom. The fourth-order valence-corrected chi connectivity index (χ4v) is 9.01. The van der Waals surface area contributed by atoms with Crippen LogP contribution in [-0.2, 0) is 10.1 Å². The molecule has 16 heteroatoms. The molecule has 11 nitrogen and oxygen atoms in total. The molecule has 0 saturated carbocycles. The quantitative estimate of drug-likeness (QED) is 0.189. The highest BCUT2D eigenvalue weighted by atomic mass is 32.2. The highest BCUT2D eigenvalue weighted by Crippen LogP contribution is 2.35. The van der Waals surface area contributed by atoms with Crippen LogP contribution in [0.25, 0.3) is 28.7 Å². The summed E-state index contributed by atoms with van der Waals surface area (Å²) in [5.41, 5.74) is 5.57. The van der Waals surface area contributed by atoms with Gasteiger partial charge < -0.3 is 20.6 Å². The summed E-state index contributed by atoms with van der Waals surface area (Å²) in [7, 11) is -4.91. The summed E-state index contributed by atoms with van der Waals surface area (Å²) in [5, 5.41) is 7.67. The summed E-state index contributed by atoms with van der Waals surface area (Å²) in [5.74, 6) is 2.41. The summed E-state index contributed by atoms with van der Waals surface area (Å²) in [6.45, 7) is 0. The van der Waals surface area contributed by atoms with E-state index in [1.807, 2.05) is 72.9 Å². The number of hydrogen-bond donors (Lipinski definition) is 5. The Morgan fingerprint density at radius 1 is 0.593 bits per heavy atom. The van der Waals surface area contributed by atoms with Crippen molar-refractivity contribution >= 4 is 130 Å². The van der Waals surface area contributed by atoms with Gasteiger partial charge in [-0.05, 0) is 66.3 Å². The largest absolute Gasteiger partial charge is 0.325 e. The minimum absolute atomic E-state index is 0.0623. The number of allylic oxidation sites excluding steroid dienone is 8. The molecule has 2 aromatic heterocycles. The molecule has 5 N–H and O–H groups in total. The number of nitrogens with zero attached hydrogens (tertiary/aromatic N) is 4. The molecule has 0 spiro atoms. The van der Waals surface area contributed by atoms with Crippen molar-refractivity contribution in [3.8, 4) is 0 Å². The Balaban J connectivity index is 1.32. The van der Waals surface area contributed by atoms with Crippen molar-refractivity contribution in [3.05, 3.63) is 145 Å². The van der Waals surface area contributed by atoms with Crippen LogP contribution in [0, 0.1) is 0 Å². The second-order valence-corrected chi connectivity index (χ2v) is 15.9. The molecule has 5 heterocycles. The molecular formula is C38H20N8O3S5. The summed E-state index contributed by atoms with van der Waals surface area (Å²) in [6, 6.07) is 9.11. The van der Waals surface area contributed by atoms with Crippen molar-refractivity contribution in [2.24, 2.45) is 20.0 Å². The van der Waals surface area contributed by atoms with Gasteiger partial charge in [-0.15, -0.1) is 0 Å². The number of nitrogens with one attached hydrogen (secondary N) is 4. The molecule has 0 fully saturated rings. The molecule has 10 rings (SSSR count). The van der Waals surface area contributed by atoms with E-state index in [0.717, 1.165) is 10.8 Å².